The highest BCUT2D eigenvalue weighted by Crippen LogP contribution is 2.24. The summed E-state index contributed by atoms with van der Waals surface area (Å²) in [6, 6.07) is 5.77. The minimum Gasteiger partial charge on any atom is -0.478 e. The lowest BCUT2D eigenvalue weighted by Crippen LogP contribution is -2.20. The highest BCUT2D eigenvalue weighted by atomic mass is 32.2. The monoisotopic (exact) mass is 267 g/mol. The van der Waals surface area contributed by atoms with Gasteiger partial charge in [-0.15, -0.1) is 0 Å². The summed E-state index contributed by atoms with van der Waals surface area (Å²) in [4.78, 5) is 10.9. The second kappa shape index (κ2) is 5.19. The van der Waals surface area contributed by atoms with E-state index < -0.39 is 21.1 Å². The zero-order chi connectivity index (χ0) is 13.9. The summed E-state index contributed by atoms with van der Waals surface area (Å²) in [5.74, 6) is -1.19. The Morgan fingerprint density at radius 3 is 2.56 bits per heavy atom. The number of hydrogen-bond acceptors (Lipinski definition) is 4. The first kappa shape index (κ1) is 14.2. The number of carboxylic acids is 1. The van der Waals surface area contributed by atoms with E-state index in [1.165, 1.54) is 25.1 Å². The highest BCUT2D eigenvalue weighted by molar-refractivity contribution is 7.92. The molecule has 6 heteroatoms. The summed E-state index contributed by atoms with van der Waals surface area (Å²) in [7, 11) is -3.81. The summed E-state index contributed by atoms with van der Waals surface area (Å²) in [6.45, 7) is 3.03. The summed E-state index contributed by atoms with van der Waals surface area (Å²) < 4.78 is 24.3. The molecule has 1 atom stereocenters. The predicted octanol–water partition coefficient (Wildman–Crippen LogP) is 1.77. The molecular formula is C12H13NO4S. The first-order valence-electron chi connectivity index (χ1n) is 5.32. The molecule has 5 nitrogen and oxygen atoms in total. The van der Waals surface area contributed by atoms with Gasteiger partial charge in [0.05, 0.1) is 16.5 Å². The fourth-order valence-electron chi connectivity index (χ4n) is 1.69. The molecule has 0 saturated carbocycles. The van der Waals surface area contributed by atoms with Crippen LogP contribution in [0.2, 0.25) is 0 Å². The minimum absolute atomic E-state index is 0.0659. The summed E-state index contributed by atoms with van der Waals surface area (Å²) in [5, 5.41) is 16.6. The Morgan fingerprint density at radius 2 is 2.11 bits per heavy atom. The molecule has 0 fully saturated rings. The number of nitrogens with zero attached hydrogens (tertiary/aromatic N) is 1. The Morgan fingerprint density at radius 1 is 1.50 bits per heavy atom. The fourth-order valence-corrected chi connectivity index (χ4v) is 3.38. The number of hydrogen-bond donors (Lipinski definition) is 1. The normalized spacial score (nSPS) is 12.7. The van der Waals surface area contributed by atoms with Crippen LogP contribution in [0.1, 0.15) is 29.3 Å². The maximum Gasteiger partial charge on any atom is 0.335 e. The molecule has 1 N–H and O–H groups in total. The van der Waals surface area contributed by atoms with Gasteiger partial charge >= 0.3 is 5.97 Å². The van der Waals surface area contributed by atoms with Crippen molar-refractivity contribution in [2.24, 2.45) is 0 Å². The van der Waals surface area contributed by atoms with Crippen molar-refractivity contribution < 1.29 is 18.3 Å². The fraction of sp³-hybridized carbons (Fsp3) is 0.333. The van der Waals surface area contributed by atoms with E-state index in [1.54, 1.807) is 13.0 Å². The highest BCUT2D eigenvalue weighted by Gasteiger charge is 2.28. The van der Waals surface area contributed by atoms with Gasteiger partial charge in [0.1, 0.15) is 0 Å². The lowest BCUT2D eigenvalue weighted by Gasteiger charge is -2.12. The topological polar surface area (TPSA) is 95.2 Å². The largest absolute Gasteiger partial charge is 0.478 e. The third-order valence-corrected chi connectivity index (χ3v) is 4.95. The second-order valence-electron chi connectivity index (χ2n) is 3.80. The Labute approximate surface area is 106 Å². The van der Waals surface area contributed by atoms with Crippen LogP contribution in [0.25, 0.3) is 0 Å². The Hall–Kier alpha value is -1.87. The van der Waals surface area contributed by atoms with Gasteiger partial charge in [0.25, 0.3) is 0 Å². The van der Waals surface area contributed by atoms with Crippen LogP contribution in [-0.4, -0.2) is 24.7 Å². The van der Waals surface area contributed by atoms with E-state index in [2.05, 4.69) is 0 Å². The molecule has 0 spiro atoms. The predicted molar refractivity (Wildman–Crippen MR) is 65.0 cm³/mol. The molecule has 0 saturated heterocycles. The third kappa shape index (κ3) is 2.36. The van der Waals surface area contributed by atoms with Gasteiger partial charge in [-0.25, -0.2) is 13.2 Å². The average Bonchev–Trinajstić information content (AvgIpc) is 2.29. The molecule has 0 aliphatic heterocycles. The number of aromatic carboxylic acids is 1. The van der Waals surface area contributed by atoms with Crippen molar-refractivity contribution in [2.75, 3.05) is 0 Å². The van der Waals surface area contributed by atoms with Gasteiger partial charge in [0.15, 0.2) is 15.1 Å². The van der Waals surface area contributed by atoms with Gasteiger partial charge in [-0.1, -0.05) is 13.0 Å². The Bertz CT molecular complexity index is 613. The maximum absolute atomic E-state index is 12.2. The smallest absolute Gasteiger partial charge is 0.335 e. The molecule has 0 bridgehead atoms. The summed E-state index contributed by atoms with van der Waals surface area (Å²) in [5.41, 5.74) is 0.0996. The number of carbonyl (C=O) groups is 1. The van der Waals surface area contributed by atoms with Crippen LogP contribution in [0.15, 0.2) is 23.1 Å². The molecular weight excluding hydrogens is 254 g/mol. The van der Waals surface area contributed by atoms with E-state index in [1.807, 2.05) is 0 Å². The maximum atomic E-state index is 12.2. The van der Waals surface area contributed by atoms with Crippen molar-refractivity contribution in [3.05, 3.63) is 29.3 Å². The van der Waals surface area contributed by atoms with E-state index in [0.29, 0.717) is 0 Å². The van der Waals surface area contributed by atoms with Crippen LogP contribution < -0.4 is 0 Å². The Kier molecular flexibility index (Phi) is 4.09. The third-order valence-electron chi connectivity index (χ3n) is 2.71. The van der Waals surface area contributed by atoms with Gasteiger partial charge < -0.3 is 5.11 Å². The first-order chi connectivity index (χ1) is 8.36. The van der Waals surface area contributed by atoms with Crippen LogP contribution >= 0.6 is 0 Å². The van der Waals surface area contributed by atoms with Gasteiger partial charge in [0, 0.05) is 0 Å². The van der Waals surface area contributed by atoms with Crippen LogP contribution in [0.5, 0.6) is 0 Å². The number of carboxylic acid groups (broad SMARTS) is 1. The van der Waals surface area contributed by atoms with Gasteiger partial charge in [-0.2, -0.15) is 5.26 Å². The Balaban J connectivity index is 3.49. The van der Waals surface area contributed by atoms with Crippen molar-refractivity contribution in [2.45, 2.75) is 30.4 Å². The number of rotatable bonds is 4. The van der Waals surface area contributed by atoms with E-state index in [9.17, 15) is 13.2 Å². The van der Waals surface area contributed by atoms with Gasteiger partial charge in [-0.05, 0) is 31.0 Å². The molecule has 0 heterocycles. The van der Waals surface area contributed by atoms with Gasteiger partial charge in [0.2, 0.25) is 0 Å². The van der Waals surface area contributed by atoms with E-state index in [4.69, 9.17) is 10.4 Å². The lowest BCUT2D eigenvalue weighted by molar-refractivity contribution is 0.0696. The summed E-state index contributed by atoms with van der Waals surface area (Å²) >= 11 is 0. The van der Waals surface area contributed by atoms with E-state index in [-0.39, 0.29) is 22.4 Å². The van der Waals surface area contributed by atoms with Gasteiger partial charge in [-0.3, -0.25) is 0 Å². The van der Waals surface area contributed by atoms with Crippen molar-refractivity contribution in [3.63, 3.8) is 0 Å². The van der Waals surface area contributed by atoms with Crippen molar-refractivity contribution in [3.8, 4) is 6.07 Å². The van der Waals surface area contributed by atoms with Crippen LogP contribution in [0.3, 0.4) is 0 Å². The van der Waals surface area contributed by atoms with Crippen molar-refractivity contribution >= 4 is 15.8 Å². The molecule has 0 aromatic heterocycles. The SMILES string of the molecule is CCC(C#N)S(=O)(=O)c1cccc(C(=O)O)c1C. The standard InChI is InChI=1S/C12H13NO4S/c1-3-9(7-13)18(16,17)11-6-4-5-10(8(11)2)12(14)15/h4-6,9H,3H2,1-2H3,(H,14,15). The lowest BCUT2D eigenvalue weighted by atomic mass is 10.1. The number of benzene rings is 1. The van der Waals surface area contributed by atoms with E-state index in [0.717, 1.165) is 0 Å². The first-order valence-corrected chi connectivity index (χ1v) is 6.87. The van der Waals surface area contributed by atoms with Crippen molar-refractivity contribution in [1.29, 1.82) is 5.26 Å². The summed E-state index contributed by atoms with van der Waals surface area (Å²) in [6.07, 6.45) is 0.162. The van der Waals surface area contributed by atoms with Crippen LogP contribution in [-0.2, 0) is 9.84 Å². The number of nitriles is 1. The number of sulfone groups is 1. The molecule has 1 rings (SSSR count). The molecule has 1 unspecified atom stereocenters. The molecule has 0 amide bonds. The molecule has 0 radical (unpaired) electrons. The average molecular weight is 267 g/mol. The van der Waals surface area contributed by atoms with E-state index >= 15 is 0 Å². The molecule has 18 heavy (non-hydrogen) atoms. The molecule has 0 aliphatic rings. The quantitative estimate of drug-likeness (QED) is 0.896. The van der Waals surface area contributed by atoms with Crippen LogP contribution in [0.4, 0.5) is 0 Å². The molecule has 96 valence electrons. The zero-order valence-electron chi connectivity index (χ0n) is 10.0. The molecule has 1 aromatic rings. The molecule has 0 aliphatic carbocycles. The zero-order valence-corrected chi connectivity index (χ0v) is 10.9. The van der Waals surface area contributed by atoms with Crippen LogP contribution in [0, 0.1) is 18.3 Å². The van der Waals surface area contributed by atoms with Crippen molar-refractivity contribution in [1.82, 2.24) is 0 Å². The minimum atomic E-state index is -3.81. The molecule has 1 aromatic carbocycles. The second-order valence-corrected chi connectivity index (χ2v) is 5.90.